The maximum atomic E-state index is 12.9. The van der Waals surface area contributed by atoms with E-state index in [0.717, 1.165) is 10.8 Å². The van der Waals surface area contributed by atoms with Crippen molar-refractivity contribution in [1.82, 2.24) is 34.4 Å². The second kappa shape index (κ2) is 9.13. The molecule has 1 aromatic carbocycles. The van der Waals surface area contributed by atoms with Gasteiger partial charge in [-0.25, -0.2) is 14.2 Å². The maximum Gasteiger partial charge on any atom is 0.328 e. The second-order valence-electron chi connectivity index (χ2n) is 7.55. The molecule has 1 aliphatic rings. The Bertz CT molecular complexity index is 1570. The van der Waals surface area contributed by atoms with Gasteiger partial charge in [-0.1, -0.05) is 6.07 Å². The molecule has 3 aromatic heterocycles. The van der Waals surface area contributed by atoms with E-state index < -0.39 is 17.2 Å². The Morgan fingerprint density at radius 2 is 1.97 bits per heavy atom. The van der Waals surface area contributed by atoms with Crippen molar-refractivity contribution in [2.24, 2.45) is 0 Å². The lowest BCUT2D eigenvalue weighted by Crippen LogP contribution is -2.41. The number of hydrogen-bond donors (Lipinski definition) is 2. The van der Waals surface area contributed by atoms with E-state index in [0.29, 0.717) is 22.9 Å². The molecule has 0 saturated heterocycles. The first-order chi connectivity index (χ1) is 17.0. The standard InChI is InChI=1S/C22H19N7O6/c30-19-5-4-18(28-8-1-6-25-28)26-29(19)9-7-23-20(31)15-11-24-22(33)27(21(15)32)12-14-2-3-16-17(10-14)35-13-34-16/h1-6,8,10-11H,7,9,12-13H2,(H,23,31)(H,24,33). The SMILES string of the molecule is O=C(NCCn1nc(-n2cccn2)ccc1=O)c1c[nH]c(=O)n(Cc2ccc3c(c2)OCO3)c1=O. The number of carbonyl (C=O) groups is 1. The third-order valence-electron chi connectivity index (χ3n) is 5.28. The number of H-pyrrole nitrogens is 1. The van der Waals surface area contributed by atoms with Crippen molar-refractivity contribution in [2.75, 3.05) is 13.3 Å². The van der Waals surface area contributed by atoms with Gasteiger partial charge in [0.05, 0.1) is 13.1 Å². The summed E-state index contributed by atoms with van der Waals surface area (Å²) < 4.78 is 14.2. The monoisotopic (exact) mass is 477 g/mol. The molecule has 0 unspecified atom stereocenters. The van der Waals surface area contributed by atoms with Crippen molar-refractivity contribution < 1.29 is 14.3 Å². The Morgan fingerprint density at radius 3 is 2.80 bits per heavy atom. The van der Waals surface area contributed by atoms with Crippen molar-refractivity contribution in [1.29, 1.82) is 0 Å². The fraction of sp³-hybridized carbons (Fsp3) is 0.182. The zero-order valence-corrected chi connectivity index (χ0v) is 18.2. The van der Waals surface area contributed by atoms with Crippen LogP contribution < -0.4 is 31.6 Å². The number of hydrogen-bond acceptors (Lipinski definition) is 8. The molecular formula is C22H19N7O6. The van der Waals surface area contributed by atoms with Crippen LogP contribution in [0.5, 0.6) is 11.5 Å². The Morgan fingerprint density at radius 1 is 1.11 bits per heavy atom. The zero-order chi connectivity index (χ0) is 24.4. The molecule has 0 bridgehead atoms. The first-order valence-corrected chi connectivity index (χ1v) is 10.6. The smallest absolute Gasteiger partial charge is 0.328 e. The Labute approximate surface area is 196 Å². The first-order valence-electron chi connectivity index (χ1n) is 10.6. The molecule has 35 heavy (non-hydrogen) atoms. The van der Waals surface area contributed by atoms with E-state index in [2.05, 4.69) is 20.5 Å². The molecule has 13 nitrogen and oxygen atoms in total. The Kier molecular flexibility index (Phi) is 5.71. The minimum absolute atomic E-state index is 0.0228. The summed E-state index contributed by atoms with van der Waals surface area (Å²) in [5.74, 6) is 0.836. The number of amides is 1. The van der Waals surface area contributed by atoms with Crippen LogP contribution in [0.2, 0.25) is 0 Å². The first kappa shape index (κ1) is 21.9. The normalized spacial score (nSPS) is 12.0. The average Bonchev–Trinajstić information content (AvgIpc) is 3.55. The summed E-state index contributed by atoms with van der Waals surface area (Å²) in [4.78, 5) is 52.4. The van der Waals surface area contributed by atoms with Gasteiger partial charge in [0.2, 0.25) is 6.79 Å². The van der Waals surface area contributed by atoms with Gasteiger partial charge in [0, 0.05) is 31.2 Å². The number of fused-ring (bicyclic) bond motifs is 1. The summed E-state index contributed by atoms with van der Waals surface area (Å²) in [6.07, 6.45) is 4.34. The van der Waals surface area contributed by atoms with E-state index in [1.54, 1.807) is 36.7 Å². The Hall–Kier alpha value is -4.94. The number of rotatable bonds is 7. The third kappa shape index (κ3) is 4.46. The van der Waals surface area contributed by atoms with Crippen molar-refractivity contribution in [3.8, 4) is 17.3 Å². The number of aromatic amines is 1. The number of ether oxygens (including phenoxy) is 2. The fourth-order valence-corrected chi connectivity index (χ4v) is 3.53. The van der Waals surface area contributed by atoms with Crippen molar-refractivity contribution in [2.45, 2.75) is 13.1 Å². The van der Waals surface area contributed by atoms with E-state index in [1.807, 2.05) is 0 Å². The highest BCUT2D eigenvalue weighted by Crippen LogP contribution is 2.32. The molecule has 178 valence electrons. The molecule has 5 rings (SSSR count). The van der Waals surface area contributed by atoms with Gasteiger partial charge in [-0.15, -0.1) is 5.10 Å². The number of nitrogens with zero attached hydrogens (tertiary/aromatic N) is 5. The predicted octanol–water partition coefficient (Wildman–Crippen LogP) is -0.514. The molecule has 0 fully saturated rings. The number of benzene rings is 1. The average molecular weight is 477 g/mol. The highest BCUT2D eigenvalue weighted by molar-refractivity contribution is 5.93. The molecule has 1 amide bonds. The molecule has 0 spiro atoms. The Balaban J connectivity index is 1.29. The van der Waals surface area contributed by atoms with Crippen LogP contribution in [-0.2, 0) is 13.1 Å². The predicted molar refractivity (Wildman–Crippen MR) is 121 cm³/mol. The molecule has 0 saturated carbocycles. The van der Waals surface area contributed by atoms with Gasteiger partial charge in [-0.3, -0.25) is 19.0 Å². The van der Waals surface area contributed by atoms with Crippen LogP contribution in [0, 0.1) is 0 Å². The van der Waals surface area contributed by atoms with Gasteiger partial charge in [-0.05, 0) is 29.8 Å². The number of nitrogens with one attached hydrogen (secondary N) is 2. The second-order valence-corrected chi connectivity index (χ2v) is 7.55. The van der Waals surface area contributed by atoms with Crippen LogP contribution in [0.4, 0.5) is 0 Å². The highest BCUT2D eigenvalue weighted by Gasteiger charge is 2.17. The topological polar surface area (TPSA) is 155 Å². The molecule has 0 aliphatic carbocycles. The molecule has 0 radical (unpaired) electrons. The van der Waals surface area contributed by atoms with Crippen molar-refractivity contribution in [3.05, 3.63) is 97.3 Å². The molecular weight excluding hydrogens is 458 g/mol. The molecule has 0 atom stereocenters. The zero-order valence-electron chi connectivity index (χ0n) is 18.2. The van der Waals surface area contributed by atoms with E-state index in [9.17, 15) is 19.2 Å². The largest absolute Gasteiger partial charge is 0.454 e. The quantitative estimate of drug-likeness (QED) is 0.361. The van der Waals surface area contributed by atoms with E-state index in [4.69, 9.17) is 9.47 Å². The van der Waals surface area contributed by atoms with Crippen LogP contribution >= 0.6 is 0 Å². The van der Waals surface area contributed by atoms with E-state index >= 15 is 0 Å². The fourth-order valence-electron chi connectivity index (χ4n) is 3.53. The lowest BCUT2D eigenvalue weighted by molar-refractivity contribution is 0.0949. The summed E-state index contributed by atoms with van der Waals surface area (Å²) >= 11 is 0. The highest BCUT2D eigenvalue weighted by atomic mass is 16.7. The minimum atomic E-state index is -0.750. The summed E-state index contributed by atoms with van der Waals surface area (Å²) in [6.45, 7) is 0.124. The summed E-state index contributed by atoms with van der Waals surface area (Å²) in [5.41, 5.74) is -1.38. The van der Waals surface area contributed by atoms with Gasteiger partial charge in [0.25, 0.3) is 17.0 Å². The lowest BCUT2D eigenvalue weighted by Gasteiger charge is -2.10. The molecule has 4 aromatic rings. The van der Waals surface area contributed by atoms with Gasteiger partial charge < -0.3 is 19.8 Å². The van der Waals surface area contributed by atoms with E-state index in [-0.39, 0.29) is 37.5 Å². The van der Waals surface area contributed by atoms with Gasteiger partial charge in [0.1, 0.15) is 5.56 Å². The molecule has 13 heteroatoms. The van der Waals surface area contributed by atoms with Crippen LogP contribution in [0.25, 0.3) is 5.82 Å². The summed E-state index contributed by atoms with van der Waals surface area (Å²) in [6, 6.07) is 9.67. The van der Waals surface area contributed by atoms with Crippen LogP contribution in [-0.4, -0.2) is 48.4 Å². The minimum Gasteiger partial charge on any atom is -0.454 e. The summed E-state index contributed by atoms with van der Waals surface area (Å²) in [7, 11) is 0. The molecule has 4 heterocycles. The third-order valence-corrected chi connectivity index (χ3v) is 5.28. The van der Waals surface area contributed by atoms with Crippen molar-refractivity contribution >= 4 is 5.91 Å². The van der Waals surface area contributed by atoms with Crippen molar-refractivity contribution in [3.63, 3.8) is 0 Å². The van der Waals surface area contributed by atoms with E-state index in [1.165, 1.54) is 21.5 Å². The number of carbonyl (C=O) groups excluding carboxylic acids is 1. The van der Waals surface area contributed by atoms with Crippen LogP contribution in [0.3, 0.4) is 0 Å². The van der Waals surface area contributed by atoms with Gasteiger partial charge in [0.15, 0.2) is 17.3 Å². The van der Waals surface area contributed by atoms with Gasteiger partial charge in [-0.2, -0.15) is 5.10 Å². The number of aromatic nitrogens is 6. The maximum absolute atomic E-state index is 12.9. The molecule has 1 aliphatic heterocycles. The molecule has 2 N–H and O–H groups in total. The van der Waals surface area contributed by atoms with Gasteiger partial charge >= 0.3 is 5.69 Å². The van der Waals surface area contributed by atoms with Crippen LogP contribution in [0.15, 0.2) is 69.4 Å². The van der Waals surface area contributed by atoms with Crippen LogP contribution in [0.1, 0.15) is 15.9 Å². The lowest BCUT2D eigenvalue weighted by atomic mass is 10.2. The summed E-state index contributed by atoms with van der Waals surface area (Å²) in [5, 5.41) is 10.9.